The van der Waals surface area contributed by atoms with E-state index in [2.05, 4.69) is 32.2 Å². The lowest BCUT2D eigenvalue weighted by Crippen LogP contribution is -2.38. The first-order valence-electron chi connectivity index (χ1n) is 5.99. The quantitative estimate of drug-likeness (QED) is 0.857. The van der Waals surface area contributed by atoms with Crippen LogP contribution < -0.4 is 5.32 Å². The van der Waals surface area contributed by atoms with Crippen LogP contribution in [0.5, 0.6) is 0 Å². The molecule has 0 radical (unpaired) electrons. The molecular formula is C12H19BrCl2N2S. The lowest BCUT2D eigenvalue weighted by Gasteiger charge is -2.32. The highest BCUT2D eigenvalue weighted by atomic mass is 79.9. The van der Waals surface area contributed by atoms with Gasteiger partial charge < -0.3 is 5.32 Å². The van der Waals surface area contributed by atoms with Crippen molar-refractivity contribution in [3.63, 3.8) is 0 Å². The lowest BCUT2D eigenvalue weighted by atomic mass is 9.98. The minimum atomic E-state index is 0. The fourth-order valence-corrected chi connectivity index (χ4v) is 4.27. The first-order valence-corrected chi connectivity index (χ1v) is 7.98. The summed E-state index contributed by atoms with van der Waals surface area (Å²) in [6.45, 7) is 4.59. The van der Waals surface area contributed by atoms with Gasteiger partial charge in [-0.2, -0.15) is 0 Å². The molecule has 0 saturated carbocycles. The van der Waals surface area contributed by atoms with E-state index in [9.17, 15) is 0 Å². The fraction of sp³-hybridized carbons (Fsp3) is 0.667. The Morgan fingerprint density at radius 1 is 1.61 bits per heavy atom. The number of hydrogen-bond donors (Lipinski definition) is 1. The number of nitrogens with zero attached hydrogens (tertiary/aromatic N) is 1. The third-order valence-corrected chi connectivity index (χ3v) is 5.63. The van der Waals surface area contributed by atoms with Crippen molar-refractivity contribution in [3.05, 3.63) is 19.8 Å². The van der Waals surface area contributed by atoms with E-state index >= 15 is 0 Å². The maximum Gasteiger partial charge on any atom is 0.107 e. The lowest BCUT2D eigenvalue weighted by molar-refractivity contribution is 0.168. The standard InChI is InChI=1S/C12H18BrClN2S.ClH/c1-15-6-9-3-2-4-16(7-9)8-10-5-11(13)12(14)17-10;/h5,9,15H,2-4,6-8H2,1H3;1H. The van der Waals surface area contributed by atoms with E-state index < -0.39 is 0 Å². The van der Waals surface area contributed by atoms with Gasteiger partial charge in [-0.1, -0.05) is 11.6 Å². The molecule has 1 saturated heterocycles. The van der Waals surface area contributed by atoms with Crippen molar-refractivity contribution in [2.75, 3.05) is 26.7 Å². The van der Waals surface area contributed by atoms with Crippen LogP contribution >= 0.6 is 51.3 Å². The smallest absolute Gasteiger partial charge is 0.107 e. The maximum absolute atomic E-state index is 6.07. The van der Waals surface area contributed by atoms with Crippen LogP contribution in [-0.4, -0.2) is 31.6 Å². The molecule has 0 bridgehead atoms. The minimum Gasteiger partial charge on any atom is -0.319 e. The molecule has 1 fully saturated rings. The Bertz CT molecular complexity index is 351. The summed E-state index contributed by atoms with van der Waals surface area (Å²) in [6, 6.07) is 2.15. The molecule has 0 amide bonds. The predicted octanol–water partition coefficient (Wildman–Crippen LogP) is 4.02. The molecule has 1 aliphatic heterocycles. The summed E-state index contributed by atoms with van der Waals surface area (Å²) < 4.78 is 1.90. The molecule has 1 unspecified atom stereocenters. The van der Waals surface area contributed by atoms with Gasteiger partial charge in [-0.15, -0.1) is 23.7 Å². The number of rotatable bonds is 4. The Kier molecular flexibility index (Phi) is 7.51. The van der Waals surface area contributed by atoms with E-state index in [1.54, 1.807) is 11.3 Å². The molecule has 0 aromatic carbocycles. The van der Waals surface area contributed by atoms with Gasteiger partial charge in [0.05, 0.1) is 0 Å². The second kappa shape index (κ2) is 8.08. The zero-order chi connectivity index (χ0) is 12.3. The predicted molar refractivity (Wildman–Crippen MR) is 86.2 cm³/mol. The van der Waals surface area contributed by atoms with Gasteiger partial charge in [0.2, 0.25) is 0 Å². The Hall–Kier alpha value is 0.680. The van der Waals surface area contributed by atoms with Gasteiger partial charge >= 0.3 is 0 Å². The van der Waals surface area contributed by atoms with Crippen LogP contribution in [0.1, 0.15) is 17.7 Å². The summed E-state index contributed by atoms with van der Waals surface area (Å²) in [7, 11) is 2.04. The zero-order valence-corrected chi connectivity index (χ0v) is 14.4. The van der Waals surface area contributed by atoms with Crippen LogP contribution in [0, 0.1) is 5.92 Å². The average molecular weight is 374 g/mol. The third-order valence-electron chi connectivity index (χ3n) is 3.17. The first kappa shape index (κ1) is 16.7. The van der Waals surface area contributed by atoms with Crippen molar-refractivity contribution < 1.29 is 0 Å². The maximum atomic E-state index is 6.07. The summed E-state index contributed by atoms with van der Waals surface area (Å²) in [5.41, 5.74) is 0. The van der Waals surface area contributed by atoms with Gasteiger partial charge in [-0.3, -0.25) is 4.90 Å². The van der Waals surface area contributed by atoms with Crippen molar-refractivity contribution in [1.82, 2.24) is 10.2 Å². The Labute approximate surface area is 133 Å². The summed E-state index contributed by atoms with van der Waals surface area (Å²) in [4.78, 5) is 3.90. The number of hydrogen-bond acceptors (Lipinski definition) is 3. The first-order chi connectivity index (χ1) is 8.19. The molecule has 2 rings (SSSR count). The number of thiophene rings is 1. The van der Waals surface area contributed by atoms with E-state index in [1.807, 2.05) is 7.05 Å². The zero-order valence-electron chi connectivity index (χ0n) is 10.4. The van der Waals surface area contributed by atoms with E-state index in [-0.39, 0.29) is 12.4 Å². The van der Waals surface area contributed by atoms with Gasteiger partial charge in [-0.25, -0.2) is 0 Å². The SMILES string of the molecule is CNCC1CCCN(Cc2cc(Br)c(Cl)s2)C1.Cl. The van der Waals surface area contributed by atoms with Crippen LogP contribution in [-0.2, 0) is 6.54 Å². The highest BCUT2D eigenvalue weighted by Gasteiger charge is 2.20. The number of likely N-dealkylation sites (tertiary alicyclic amines) is 1. The Balaban J connectivity index is 0.00000162. The topological polar surface area (TPSA) is 15.3 Å². The summed E-state index contributed by atoms with van der Waals surface area (Å²) in [6.07, 6.45) is 2.67. The molecule has 1 atom stereocenters. The van der Waals surface area contributed by atoms with Gasteiger partial charge in [-0.05, 0) is 60.9 Å². The molecule has 1 aromatic heterocycles. The molecule has 1 aromatic rings. The van der Waals surface area contributed by atoms with Crippen LogP contribution in [0.25, 0.3) is 0 Å². The average Bonchev–Trinajstić information content (AvgIpc) is 2.59. The second-order valence-corrected chi connectivity index (χ2v) is 7.23. The monoisotopic (exact) mass is 372 g/mol. The van der Waals surface area contributed by atoms with Gasteiger partial charge in [0, 0.05) is 22.4 Å². The molecule has 1 N–H and O–H groups in total. The van der Waals surface area contributed by atoms with E-state index in [0.717, 1.165) is 27.8 Å². The largest absolute Gasteiger partial charge is 0.319 e. The highest BCUT2D eigenvalue weighted by Crippen LogP contribution is 2.33. The molecule has 104 valence electrons. The summed E-state index contributed by atoms with van der Waals surface area (Å²) in [5.74, 6) is 0.799. The molecule has 0 spiro atoms. The van der Waals surface area contributed by atoms with Crippen LogP contribution in [0.15, 0.2) is 10.5 Å². The normalized spacial score (nSPS) is 20.7. The Morgan fingerprint density at radius 3 is 3.00 bits per heavy atom. The molecule has 0 aliphatic carbocycles. The highest BCUT2D eigenvalue weighted by molar-refractivity contribution is 9.10. The van der Waals surface area contributed by atoms with E-state index in [4.69, 9.17) is 11.6 Å². The number of piperidine rings is 1. The van der Waals surface area contributed by atoms with Gasteiger partial charge in [0.25, 0.3) is 0 Å². The van der Waals surface area contributed by atoms with Crippen molar-refractivity contribution in [2.24, 2.45) is 5.92 Å². The van der Waals surface area contributed by atoms with Crippen molar-refractivity contribution in [2.45, 2.75) is 19.4 Å². The number of halogens is 3. The summed E-state index contributed by atoms with van der Waals surface area (Å²) >= 11 is 11.2. The molecule has 1 aliphatic rings. The van der Waals surface area contributed by atoms with Crippen LogP contribution in [0.4, 0.5) is 0 Å². The molecule has 2 nitrogen and oxygen atoms in total. The molecule has 18 heavy (non-hydrogen) atoms. The summed E-state index contributed by atoms with van der Waals surface area (Å²) in [5, 5.41) is 3.28. The third kappa shape index (κ3) is 4.66. The van der Waals surface area contributed by atoms with Crippen molar-refractivity contribution >= 4 is 51.3 Å². The molecule has 6 heteroatoms. The van der Waals surface area contributed by atoms with Crippen LogP contribution in [0.2, 0.25) is 4.34 Å². The molecule has 2 heterocycles. The van der Waals surface area contributed by atoms with E-state index in [0.29, 0.717) is 0 Å². The Morgan fingerprint density at radius 2 is 2.39 bits per heavy atom. The van der Waals surface area contributed by atoms with Crippen molar-refractivity contribution in [3.8, 4) is 0 Å². The van der Waals surface area contributed by atoms with Gasteiger partial charge in [0.1, 0.15) is 4.34 Å². The second-order valence-electron chi connectivity index (χ2n) is 4.64. The number of nitrogens with one attached hydrogen (secondary N) is 1. The van der Waals surface area contributed by atoms with Gasteiger partial charge in [0.15, 0.2) is 0 Å². The van der Waals surface area contributed by atoms with Crippen molar-refractivity contribution in [1.29, 1.82) is 0 Å². The van der Waals surface area contributed by atoms with E-state index in [1.165, 1.54) is 30.8 Å². The van der Waals surface area contributed by atoms with Crippen LogP contribution in [0.3, 0.4) is 0 Å². The fourth-order valence-electron chi connectivity index (χ4n) is 2.44. The minimum absolute atomic E-state index is 0. The molecular weight excluding hydrogens is 355 g/mol.